The zero-order valence-electron chi connectivity index (χ0n) is 11.2. The lowest BCUT2D eigenvalue weighted by molar-refractivity contribution is 0.321. The summed E-state index contributed by atoms with van der Waals surface area (Å²) in [5, 5.41) is 2.87. The van der Waals surface area contributed by atoms with Gasteiger partial charge in [-0.15, -0.1) is 11.3 Å². The van der Waals surface area contributed by atoms with E-state index in [0.717, 1.165) is 35.8 Å². The van der Waals surface area contributed by atoms with E-state index < -0.39 is 0 Å². The molecule has 0 atom stereocenters. The average Bonchev–Trinajstić information content (AvgIpc) is 2.90. The number of hydrogen-bond acceptors (Lipinski definition) is 3. The van der Waals surface area contributed by atoms with Crippen LogP contribution in [-0.4, -0.2) is 25.6 Å². The minimum absolute atomic E-state index is 0.752. The maximum Gasteiger partial charge on any atom is 0.123 e. The van der Waals surface area contributed by atoms with Crippen LogP contribution in [0.1, 0.15) is 10.4 Å². The Morgan fingerprint density at radius 3 is 2.84 bits per heavy atom. The van der Waals surface area contributed by atoms with Crippen LogP contribution in [0.4, 0.5) is 0 Å². The van der Waals surface area contributed by atoms with Crippen molar-refractivity contribution in [3.05, 3.63) is 51.2 Å². The molecule has 0 bridgehead atoms. The smallest absolute Gasteiger partial charge is 0.123 e. The van der Waals surface area contributed by atoms with Gasteiger partial charge in [0.25, 0.3) is 0 Å². The van der Waals surface area contributed by atoms with Gasteiger partial charge >= 0.3 is 0 Å². The zero-order chi connectivity index (χ0) is 13.7. The summed E-state index contributed by atoms with van der Waals surface area (Å²) < 4.78 is 5.37. The minimum atomic E-state index is 0.752. The predicted octanol–water partition coefficient (Wildman–Crippen LogP) is 4.08. The van der Waals surface area contributed by atoms with Crippen molar-refractivity contribution in [3.63, 3.8) is 0 Å². The van der Waals surface area contributed by atoms with Crippen molar-refractivity contribution in [2.45, 2.75) is 13.0 Å². The van der Waals surface area contributed by atoms with Crippen LogP contribution in [0.3, 0.4) is 0 Å². The van der Waals surface area contributed by atoms with Gasteiger partial charge in [0, 0.05) is 28.6 Å². The van der Waals surface area contributed by atoms with Gasteiger partial charge in [0.05, 0.1) is 7.11 Å². The lowest BCUT2D eigenvalue weighted by Crippen LogP contribution is -2.20. The number of thiophene rings is 1. The Balaban J connectivity index is 1.94. The van der Waals surface area contributed by atoms with E-state index in [0.29, 0.717) is 0 Å². The average molecular weight is 296 g/mol. The third-order valence-electron chi connectivity index (χ3n) is 3.00. The first-order valence-electron chi connectivity index (χ1n) is 6.22. The Hall–Kier alpha value is -1.03. The fourth-order valence-electron chi connectivity index (χ4n) is 2.00. The van der Waals surface area contributed by atoms with E-state index in [9.17, 15) is 0 Å². The molecular formula is C15H18ClNOS. The normalized spacial score (nSPS) is 10.9. The van der Waals surface area contributed by atoms with Crippen LogP contribution in [0.5, 0.6) is 5.75 Å². The van der Waals surface area contributed by atoms with Gasteiger partial charge in [-0.25, -0.2) is 0 Å². The molecule has 4 heteroatoms. The highest BCUT2D eigenvalue weighted by atomic mass is 35.5. The van der Waals surface area contributed by atoms with Gasteiger partial charge in [0.1, 0.15) is 5.75 Å². The number of hydrogen-bond donors (Lipinski definition) is 0. The van der Waals surface area contributed by atoms with Crippen LogP contribution >= 0.6 is 22.9 Å². The molecule has 0 spiro atoms. The second-order valence-corrected chi connectivity index (χ2v) is 5.99. The summed E-state index contributed by atoms with van der Waals surface area (Å²) in [6.07, 6.45) is 1.08. The first kappa shape index (κ1) is 14.4. The lowest BCUT2D eigenvalue weighted by Gasteiger charge is -2.18. The summed E-state index contributed by atoms with van der Waals surface area (Å²) in [7, 11) is 3.81. The molecular weight excluding hydrogens is 278 g/mol. The Labute approximate surface area is 123 Å². The summed E-state index contributed by atoms with van der Waals surface area (Å²) in [5.74, 6) is 0.896. The molecule has 0 radical (unpaired) electrons. The van der Waals surface area contributed by atoms with Gasteiger partial charge in [0.15, 0.2) is 0 Å². The number of ether oxygens (including phenoxy) is 1. The fourth-order valence-corrected chi connectivity index (χ4v) is 2.89. The quantitative estimate of drug-likeness (QED) is 0.796. The SMILES string of the molecule is COc1ccc(Cl)cc1CN(C)CCc1cccs1. The predicted molar refractivity (Wildman–Crippen MR) is 82.4 cm³/mol. The third kappa shape index (κ3) is 4.23. The Bertz CT molecular complexity index is 513. The van der Waals surface area contributed by atoms with Crippen LogP contribution in [0.2, 0.25) is 5.02 Å². The van der Waals surface area contributed by atoms with Crippen molar-refractivity contribution in [2.75, 3.05) is 20.7 Å². The van der Waals surface area contributed by atoms with E-state index in [1.807, 2.05) is 29.5 Å². The first-order chi connectivity index (χ1) is 9.19. The van der Waals surface area contributed by atoms with E-state index in [1.54, 1.807) is 7.11 Å². The molecule has 2 aromatic rings. The Morgan fingerprint density at radius 2 is 2.16 bits per heavy atom. The van der Waals surface area contributed by atoms with Gasteiger partial charge < -0.3 is 9.64 Å². The highest BCUT2D eigenvalue weighted by Crippen LogP contribution is 2.23. The Kier molecular flexibility index (Phi) is 5.25. The second-order valence-electron chi connectivity index (χ2n) is 4.52. The molecule has 2 rings (SSSR count). The molecule has 0 saturated heterocycles. The van der Waals surface area contributed by atoms with Gasteiger partial charge in [-0.05, 0) is 43.1 Å². The van der Waals surface area contributed by atoms with Gasteiger partial charge in [-0.2, -0.15) is 0 Å². The molecule has 2 nitrogen and oxygen atoms in total. The summed E-state index contributed by atoms with van der Waals surface area (Å²) in [5.41, 5.74) is 1.13. The number of benzene rings is 1. The van der Waals surface area contributed by atoms with Crippen LogP contribution in [-0.2, 0) is 13.0 Å². The highest BCUT2D eigenvalue weighted by molar-refractivity contribution is 7.09. The van der Waals surface area contributed by atoms with Crippen LogP contribution in [0.25, 0.3) is 0 Å². The van der Waals surface area contributed by atoms with Crippen LogP contribution in [0, 0.1) is 0 Å². The first-order valence-corrected chi connectivity index (χ1v) is 7.48. The molecule has 0 unspecified atom stereocenters. The maximum atomic E-state index is 6.04. The number of halogens is 1. The fraction of sp³-hybridized carbons (Fsp3) is 0.333. The molecule has 1 aromatic carbocycles. The number of rotatable bonds is 6. The maximum absolute atomic E-state index is 6.04. The van der Waals surface area contributed by atoms with Crippen molar-refractivity contribution in [3.8, 4) is 5.75 Å². The van der Waals surface area contributed by atoms with Crippen molar-refractivity contribution in [1.82, 2.24) is 4.90 Å². The number of methoxy groups -OCH3 is 1. The van der Waals surface area contributed by atoms with E-state index in [-0.39, 0.29) is 0 Å². The zero-order valence-corrected chi connectivity index (χ0v) is 12.8. The summed E-state index contributed by atoms with van der Waals surface area (Å²) in [6.45, 7) is 1.87. The molecule has 0 saturated carbocycles. The molecule has 0 N–H and O–H groups in total. The largest absolute Gasteiger partial charge is 0.496 e. The monoisotopic (exact) mass is 295 g/mol. The van der Waals surface area contributed by atoms with E-state index in [1.165, 1.54) is 4.88 Å². The summed E-state index contributed by atoms with van der Waals surface area (Å²) in [4.78, 5) is 3.71. The number of likely N-dealkylation sites (N-methyl/N-ethyl adjacent to an activating group) is 1. The van der Waals surface area contributed by atoms with Crippen LogP contribution in [0.15, 0.2) is 35.7 Å². The molecule has 102 valence electrons. The standard InChI is InChI=1S/C15H18ClNOS/c1-17(8-7-14-4-3-9-19-14)11-12-10-13(16)5-6-15(12)18-2/h3-6,9-10H,7-8,11H2,1-2H3. The van der Waals surface area contributed by atoms with E-state index in [4.69, 9.17) is 16.3 Å². The molecule has 0 aliphatic heterocycles. The second kappa shape index (κ2) is 6.94. The van der Waals surface area contributed by atoms with Gasteiger partial charge in [0.2, 0.25) is 0 Å². The topological polar surface area (TPSA) is 12.5 Å². The van der Waals surface area contributed by atoms with E-state index in [2.05, 4.69) is 29.5 Å². The Morgan fingerprint density at radius 1 is 1.32 bits per heavy atom. The molecule has 1 heterocycles. The number of nitrogens with zero attached hydrogens (tertiary/aromatic N) is 1. The molecule has 0 aliphatic carbocycles. The molecule has 0 amide bonds. The van der Waals surface area contributed by atoms with Crippen molar-refractivity contribution >= 4 is 22.9 Å². The van der Waals surface area contributed by atoms with Crippen LogP contribution < -0.4 is 4.74 Å². The third-order valence-corrected chi connectivity index (χ3v) is 4.17. The molecule has 0 aliphatic rings. The summed E-state index contributed by atoms with van der Waals surface area (Å²) in [6, 6.07) is 10.0. The molecule has 0 fully saturated rings. The lowest BCUT2D eigenvalue weighted by atomic mass is 10.2. The van der Waals surface area contributed by atoms with Crippen molar-refractivity contribution in [1.29, 1.82) is 0 Å². The highest BCUT2D eigenvalue weighted by Gasteiger charge is 2.07. The van der Waals surface area contributed by atoms with Gasteiger partial charge in [-0.1, -0.05) is 17.7 Å². The van der Waals surface area contributed by atoms with E-state index >= 15 is 0 Å². The minimum Gasteiger partial charge on any atom is -0.496 e. The van der Waals surface area contributed by atoms with Crippen molar-refractivity contribution < 1.29 is 4.74 Å². The molecule has 1 aromatic heterocycles. The summed E-state index contributed by atoms with van der Waals surface area (Å²) >= 11 is 7.85. The van der Waals surface area contributed by atoms with Gasteiger partial charge in [-0.3, -0.25) is 0 Å². The molecule has 19 heavy (non-hydrogen) atoms. The van der Waals surface area contributed by atoms with Crippen molar-refractivity contribution in [2.24, 2.45) is 0 Å².